The van der Waals surface area contributed by atoms with Crippen molar-refractivity contribution in [2.75, 3.05) is 0 Å². The maximum atomic E-state index is 12.4. The van der Waals surface area contributed by atoms with Gasteiger partial charge in [-0.15, -0.1) is 0 Å². The predicted molar refractivity (Wildman–Crippen MR) is 74.7 cm³/mol. The van der Waals surface area contributed by atoms with Crippen molar-refractivity contribution >= 4 is 23.2 Å². The molecule has 0 radical (unpaired) electrons. The van der Waals surface area contributed by atoms with Crippen LogP contribution < -0.4 is 5.56 Å². The van der Waals surface area contributed by atoms with Crippen molar-refractivity contribution in [3.8, 4) is 0 Å². The molecule has 0 atom stereocenters. The van der Waals surface area contributed by atoms with Crippen LogP contribution >= 0.6 is 23.2 Å². The van der Waals surface area contributed by atoms with Gasteiger partial charge < -0.3 is 0 Å². The van der Waals surface area contributed by atoms with Gasteiger partial charge in [0, 0.05) is 0 Å². The van der Waals surface area contributed by atoms with Crippen LogP contribution in [0.1, 0.15) is 38.5 Å². The van der Waals surface area contributed by atoms with Crippen molar-refractivity contribution in [1.82, 2.24) is 9.78 Å². The highest BCUT2D eigenvalue weighted by Gasteiger charge is 2.53. The van der Waals surface area contributed by atoms with Gasteiger partial charge in [-0.05, 0) is 56.3 Å². The van der Waals surface area contributed by atoms with Crippen LogP contribution in [-0.4, -0.2) is 9.78 Å². The molecular formula is C14H16Cl2N2O. The summed E-state index contributed by atoms with van der Waals surface area (Å²) < 4.78 is 1.66. The van der Waals surface area contributed by atoms with E-state index in [1.807, 2.05) is 0 Å². The zero-order chi connectivity index (χ0) is 13.2. The molecule has 0 unspecified atom stereocenters. The Hall–Kier alpha value is -0.540. The third kappa shape index (κ3) is 1.71. The SMILES string of the molecule is O=c1c(Cl)c(Cl)cnn1C12CC3CC(CC(C3)C1)C2. The van der Waals surface area contributed by atoms with Gasteiger partial charge in [0.05, 0.1) is 16.8 Å². The highest BCUT2D eigenvalue weighted by molar-refractivity contribution is 6.41. The van der Waals surface area contributed by atoms with E-state index in [0.29, 0.717) is 0 Å². The molecule has 1 aromatic heterocycles. The second-order valence-corrected chi connectivity index (χ2v) is 7.45. The van der Waals surface area contributed by atoms with E-state index in [-0.39, 0.29) is 21.1 Å². The first kappa shape index (κ1) is 12.2. The molecule has 5 heteroatoms. The maximum absolute atomic E-state index is 12.4. The van der Waals surface area contributed by atoms with E-state index in [9.17, 15) is 4.79 Å². The number of aromatic nitrogens is 2. The summed E-state index contributed by atoms with van der Waals surface area (Å²) in [6, 6.07) is 0. The zero-order valence-electron chi connectivity index (χ0n) is 10.6. The first-order valence-corrected chi connectivity index (χ1v) is 7.77. The monoisotopic (exact) mass is 298 g/mol. The highest BCUT2D eigenvalue weighted by Crippen LogP contribution is 2.58. The molecule has 4 bridgehead atoms. The van der Waals surface area contributed by atoms with Crippen molar-refractivity contribution in [2.24, 2.45) is 17.8 Å². The first-order chi connectivity index (χ1) is 9.07. The van der Waals surface area contributed by atoms with Crippen LogP contribution in [0, 0.1) is 17.8 Å². The van der Waals surface area contributed by atoms with E-state index < -0.39 is 0 Å². The molecule has 1 heterocycles. The summed E-state index contributed by atoms with van der Waals surface area (Å²) in [5, 5.41) is 4.69. The molecule has 4 aliphatic rings. The van der Waals surface area contributed by atoms with E-state index in [0.717, 1.165) is 37.0 Å². The highest BCUT2D eigenvalue weighted by atomic mass is 35.5. The smallest absolute Gasteiger partial charge is 0.266 e. The maximum Gasteiger partial charge on any atom is 0.287 e. The molecule has 0 aromatic carbocycles. The second-order valence-electron chi connectivity index (χ2n) is 6.67. The first-order valence-electron chi connectivity index (χ1n) is 7.01. The number of hydrogen-bond donors (Lipinski definition) is 0. The van der Waals surface area contributed by atoms with Crippen LogP contribution in [-0.2, 0) is 5.54 Å². The van der Waals surface area contributed by atoms with Crippen LogP contribution in [0.25, 0.3) is 0 Å². The van der Waals surface area contributed by atoms with Crippen molar-refractivity contribution in [1.29, 1.82) is 0 Å². The summed E-state index contributed by atoms with van der Waals surface area (Å²) in [7, 11) is 0. The molecule has 0 aliphatic heterocycles. The minimum atomic E-state index is -0.212. The minimum absolute atomic E-state index is 0.0833. The van der Waals surface area contributed by atoms with Gasteiger partial charge in [-0.2, -0.15) is 5.10 Å². The summed E-state index contributed by atoms with van der Waals surface area (Å²) in [5.74, 6) is 2.32. The molecule has 0 N–H and O–H groups in total. The molecule has 4 fully saturated rings. The number of nitrogens with zero attached hydrogens (tertiary/aromatic N) is 2. The normalized spacial score (nSPS) is 39.8. The molecule has 1 aromatic rings. The average molecular weight is 299 g/mol. The van der Waals surface area contributed by atoms with Gasteiger partial charge in [0.15, 0.2) is 0 Å². The standard InChI is InChI=1S/C14H16Cl2N2O/c15-11-7-17-18(13(19)12(11)16)14-4-8-1-9(5-14)3-10(2-8)6-14/h7-10H,1-6H2. The Morgan fingerprint density at radius 1 is 1.11 bits per heavy atom. The van der Waals surface area contributed by atoms with Crippen LogP contribution in [0.15, 0.2) is 11.0 Å². The molecule has 3 nitrogen and oxygen atoms in total. The molecule has 19 heavy (non-hydrogen) atoms. The number of halogens is 2. The van der Waals surface area contributed by atoms with E-state index in [1.165, 1.54) is 25.5 Å². The van der Waals surface area contributed by atoms with Crippen molar-refractivity contribution in [3.05, 3.63) is 26.6 Å². The lowest BCUT2D eigenvalue weighted by atomic mass is 9.53. The minimum Gasteiger partial charge on any atom is -0.266 e. The Labute approximate surface area is 121 Å². The Morgan fingerprint density at radius 3 is 2.16 bits per heavy atom. The molecular weight excluding hydrogens is 283 g/mol. The molecule has 5 rings (SSSR count). The number of hydrogen-bond acceptors (Lipinski definition) is 2. The lowest BCUT2D eigenvalue weighted by molar-refractivity contribution is -0.0519. The van der Waals surface area contributed by atoms with Crippen molar-refractivity contribution in [2.45, 2.75) is 44.1 Å². The Morgan fingerprint density at radius 2 is 1.63 bits per heavy atom. The quantitative estimate of drug-likeness (QED) is 0.796. The third-order valence-electron chi connectivity index (χ3n) is 5.33. The summed E-state index contributed by atoms with van der Waals surface area (Å²) in [6.45, 7) is 0. The van der Waals surface area contributed by atoms with Gasteiger partial charge in [0.2, 0.25) is 0 Å². The van der Waals surface area contributed by atoms with E-state index in [2.05, 4.69) is 5.10 Å². The fraction of sp³-hybridized carbons (Fsp3) is 0.714. The van der Waals surface area contributed by atoms with E-state index in [4.69, 9.17) is 23.2 Å². The zero-order valence-corrected chi connectivity index (χ0v) is 12.1. The lowest BCUT2D eigenvalue weighted by Crippen LogP contribution is -2.55. The molecule has 0 saturated heterocycles. The van der Waals surface area contributed by atoms with Crippen LogP contribution in [0.5, 0.6) is 0 Å². The number of rotatable bonds is 1. The summed E-state index contributed by atoms with van der Waals surface area (Å²) in [6.07, 6.45) is 8.81. The Kier molecular flexibility index (Phi) is 2.56. The van der Waals surface area contributed by atoms with Crippen LogP contribution in [0.2, 0.25) is 10.0 Å². The van der Waals surface area contributed by atoms with Gasteiger partial charge in [0.25, 0.3) is 5.56 Å². The molecule has 0 amide bonds. The fourth-order valence-corrected chi connectivity index (χ4v) is 5.33. The van der Waals surface area contributed by atoms with Crippen molar-refractivity contribution < 1.29 is 0 Å². The predicted octanol–water partition coefficient (Wildman–Crippen LogP) is 3.48. The van der Waals surface area contributed by atoms with E-state index >= 15 is 0 Å². The largest absolute Gasteiger partial charge is 0.287 e. The van der Waals surface area contributed by atoms with Crippen LogP contribution in [0.4, 0.5) is 0 Å². The third-order valence-corrected chi connectivity index (χ3v) is 6.08. The van der Waals surface area contributed by atoms with Gasteiger partial charge in [0.1, 0.15) is 5.02 Å². The average Bonchev–Trinajstić information content (AvgIpc) is 2.34. The summed E-state index contributed by atoms with van der Waals surface area (Å²) in [5.41, 5.74) is -0.295. The Balaban J connectivity index is 1.84. The lowest BCUT2D eigenvalue weighted by Gasteiger charge is -2.56. The van der Waals surface area contributed by atoms with Crippen molar-refractivity contribution in [3.63, 3.8) is 0 Å². The molecule has 4 aliphatic carbocycles. The fourth-order valence-electron chi connectivity index (χ4n) is 5.07. The van der Waals surface area contributed by atoms with Gasteiger partial charge in [-0.3, -0.25) is 4.79 Å². The molecule has 4 saturated carbocycles. The second kappa shape index (κ2) is 3.98. The van der Waals surface area contributed by atoms with Gasteiger partial charge in [-0.1, -0.05) is 23.2 Å². The molecule has 102 valence electrons. The van der Waals surface area contributed by atoms with Gasteiger partial charge >= 0.3 is 0 Å². The van der Waals surface area contributed by atoms with Gasteiger partial charge in [-0.25, -0.2) is 4.68 Å². The summed E-state index contributed by atoms with van der Waals surface area (Å²) in [4.78, 5) is 12.4. The molecule has 0 spiro atoms. The topological polar surface area (TPSA) is 34.9 Å². The van der Waals surface area contributed by atoms with Crippen LogP contribution in [0.3, 0.4) is 0 Å². The Bertz CT molecular complexity index is 560. The van der Waals surface area contributed by atoms with E-state index in [1.54, 1.807) is 4.68 Å². The summed E-state index contributed by atoms with van der Waals surface area (Å²) >= 11 is 11.9.